The Labute approximate surface area is 235 Å². The fourth-order valence-corrected chi connectivity index (χ4v) is 11.4. The van der Waals surface area contributed by atoms with Gasteiger partial charge < -0.3 is 19.9 Å². The maximum absolute atomic E-state index is 12.6. The quantitative estimate of drug-likeness (QED) is 0.400. The Balaban J connectivity index is 1.12. The summed E-state index contributed by atoms with van der Waals surface area (Å²) in [7, 11) is 0. The van der Waals surface area contributed by atoms with Crippen LogP contribution in [0.2, 0.25) is 0 Å². The van der Waals surface area contributed by atoms with Crippen molar-refractivity contribution in [3.8, 4) is 0 Å². The van der Waals surface area contributed by atoms with Gasteiger partial charge in [-0.3, -0.25) is 4.79 Å². The molecule has 0 aromatic heterocycles. The second-order valence-corrected chi connectivity index (χ2v) is 15.9. The largest absolute Gasteiger partial charge is 0.461 e. The number of thioether (sulfide) groups is 1. The summed E-state index contributed by atoms with van der Waals surface area (Å²) in [6, 6.07) is -0.476. The summed E-state index contributed by atoms with van der Waals surface area (Å²) in [4.78, 5) is 12.6. The van der Waals surface area contributed by atoms with E-state index in [1.54, 1.807) is 11.8 Å². The third kappa shape index (κ3) is 4.32. The third-order valence-electron chi connectivity index (χ3n) is 13.1. The Morgan fingerprint density at radius 2 is 1.82 bits per heavy atom. The Kier molecular flexibility index (Phi) is 7.48. The van der Waals surface area contributed by atoms with Crippen molar-refractivity contribution in [2.45, 2.75) is 122 Å². The van der Waals surface area contributed by atoms with Crippen LogP contribution in [0.25, 0.3) is 0 Å². The topological polar surface area (TPSA) is 70.8 Å². The van der Waals surface area contributed by atoms with Crippen molar-refractivity contribution in [1.82, 2.24) is 0 Å². The van der Waals surface area contributed by atoms with E-state index in [0.717, 1.165) is 49.4 Å². The Hall–Kier alpha value is -0.300. The molecule has 38 heavy (non-hydrogen) atoms. The smallest absolute Gasteiger partial charge is 0.323 e. The van der Waals surface area contributed by atoms with Crippen LogP contribution < -0.4 is 5.73 Å². The van der Waals surface area contributed by atoms with Gasteiger partial charge in [0.15, 0.2) is 5.79 Å². The molecule has 0 bridgehead atoms. The van der Waals surface area contributed by atoms with Crippen molar-refractivity contribution in [3.63, 3.8) is 0 Å². The molecule has 6 fully saturated rings. The van der Waals surface area contributed by atoms with Crippen LogP contribution in [-0.4, -0.2) is 48.6 Å². The van der Waals surface area contributed by atoms with Crippen LogP contribution in [0.1, 0.15) is 98.3 Å². The second-order valence-electron chi connectivity index (χ2n) is 14.9. The molecule has 216 valence electrons. The minimum absolute atomic E-state index is 0.0563. The molecule has 6 aliphatic rings. The Bertz CT molecular complexity index is 891. The summed E-state index contributed by atoms with van der Waals surface area (Å²) in [6.45, 7) is 10.8. The number of carbonyl (C=O) groups excluding carboxylic acids is 1. The molecule has 1 spiro atoms. The van der Waals surface area contributed by atoms with E-state index in [1.807, 2.05) is 0 Å². The Morgan fingerprint density at radius 3 is 2.55 bits per heavy atom. The molecule has 2 aliphatic heterocycles. The second kappa shape index (κ2) is 10.2. The first kappa shape index (κ1) is 27.8. The molecule has 2 N–H and O–H groups in total. The number of nitrogens with two attached hydrogens (primary N) is 1. The van der Waals surface area contributed by atoms with Gasteiger partial charge in [0.2, 0.25) is 0 Å². The molecule has 0 amide bonds. The van der Waals surface area contributed by atoms with Gasteiger partial charge in [0, 0.05) is 12.3 Å². The first-order valence-electron chi connectivity index (χ1n) is 15.9. The van der Waals surface area contributed by atoms with Gasteiger partial charge in [0.05, 0.1) is 12.7 Å². The molecule has 2 saturated heterocycles. The fraction of sp³-hybridized carbons (Fsp3) is 0.969. The van der Waals surface area contributed by atoms with Crippen LogP contribution in [0, 0.1) is 52.3 Å². The molecule has 4 saturated carbocycles. The van der Waals surface area contributed by atoms with Crippen LogP contribution in [0.4, 0.5) is 0 Å². The summed E-state index contributed by atoms with van der Waals surface area (Å²) in [5.74, 6) is 5.25. The number of carbonyl (C=O) groups is 1. The van der Waals surface area contributed by atoms with E-state index in [-0.39, 0.29) is 17.9 Å². The molecule has 5 nitrogen and oxygen atoms in total. The van der Waals surface area contributed by atoms with E-state index in [4.69, 9.17) is 19.9 Å². The molecule has 7 unspecified atom stereocenters. The zero-order chi connectivity index (χ0) is 26.9. The highest BCUT2D eigenvalue weighted by Gasteiger charge is 2.69. The zero-order valence-corrected chi connectivity index (χ0v) is 25.4. The van der Waals surface area contributed by atoms with Crippen molar-refractivity contribution < 1.29 is 19.0 Å². The van der Waals surface area contributed by atoms with Crippen molar-refractivity contribution >= 4 is 17.7 Å². The highest BCUT2D eigenvalue weighted by atomic mass is 32.2. The number of fused-ring (bicyclic) bond motifs is 7. The molecular formula is C32H53NO4S. The Morgan fingerprint density at radius 1 is 1.03 bits per heavy atom. The monoisotopic (exact) mass is 547 g/mol. The lowest BCUT2D eigenvalue weighted by Gasteiger charge is -2.61. The predicted molar refractivity (Wildman–Crippen MR) is 153 cm³/mol. The number of hydrogen-bond donors (Lipinski definition) is 1. The molecule has 2 heterocycles. The normalized spacial score (nSPS) is 52.5. The molecule has 0 aromatic rings. The van der Waals surface area contributed by atoms with Gasteiger partial charge >= 0.3 is 5.97 Å². The number of hydrogen-bond acceptors (Lipinski definition) is 6. The standard InChI is InChI=1S/C32H53NO4S/c1-19-8-14-32(35-18-19)20(2)28-27(37-32)17-25-23-7-6-21-16-22(36-29(34)26(33)11-15-38-5)9-12-30(21,3)24(23)10-13-31(25,28)4/h19-28H,6-18,33H2,1-5H3/t19-,20+,21?,22+,23?,24?,25?,26?,27?,28?,30+,31+,32-/m1/s1. The minimum atomic E-state index is -0.476. The molecule has 6 heteroatoms. The van der Waals surface area contributed by atoms with Crippen LogP contribution in [-0.2, 0) is 19.0 Å². The lowest BCUT2D eigenvalue weighted by atomic mass is 9.44. The number of esters is 1. The van der Waals surface area contributed by atoms with E-state index < -0.39 is 6.04 Å². The van der Waals surface area contributed by atoms with E-state index in [2.05, 4.69) is 34.0 Å². The lowest BCUT2D eigenvalue weighted by molar-refractivity contribution is -0.273. The first-order chi connectivity index (χ1) is 18.1. The molecule has 6 rings (SSSR count). The van der Waals surface area contributed by atoms with Crippen molar-refractivity contribution in [1.29, 1.82) is 0 Å². The van der Waals surface area contributed by atoms with Gasteiger partial charge in [-0.05, 0) is 123 Å². The van der Waals surface area contributed by atoms with Gasteiger partial charge in [0.1, 0.15) is 12.1 Å². The van der Waals surface area contributed by atoms with Gasteiger partial charge in [-0.1, -0.05) is 27.7 Å². The van der Waals surface area contributed by atoms with E-state index in [1.165, 1.54) is 44.9 Å². The summed E-state index contributed by atoms with van der Waals surface area (Å²) in [5, 5.41) is 0. The van der Waals surface area contributed by atoms with Crippen LogP contribution >= 0.6 is 11.8 Å². The number of rotatable bonds is 5. The minimum Gasteiger partial charge on any atom is -0.461 e. The third-order valence-corrected chi connectivity index (χ3v) is 13.7. The molecular weight excluding hydrogens is 494 g/mol. The summed E-state index contributed by atoms with van der Waals surface area (Å²) in [5.41, 5.74) is 6.88. The molecule has 4 aliphatic carbocycles. The fourth-order valence-electron chi connectivity index (χ4n) is 11.0. The van der Waals surface area contributed by atoms with Crippen molar-refractivity contribution in [3.05, 3.63) is 0 Å². The number of ether oxygens (including phenoxy) is 3. The highest BCUT2D eigenvalue weighted by molar-refractivity contribution is 7.98. The molecule has 0 radical (unpaired) electrons. The summed E-state index contributed by atoms with van der Waals surface area (Å²) in [6.07, 6.45) is 15.3. The first-order valence-corrected chi connectivity index (χ1v) is 17.3. The maximum Gasteiger partial charge on any atom is 0.323 e. The van der Waals surface area contributed by atoms with Gasteiger partial charge in [0.25, 0.3) is 0 Å². The SMILES string of the molecule is CSCCC(N)C(=O)O[C@H]1CC[C@@]2(C)C(CCC3C2CC[C@@]2(C)C3CC3O[C@]4(CC[C@@H](C)CO4)[C@@H](C)C32)C1. The van der Waals surface area contributed by atoms with Crippen molar-refractivity contribution in [2.75, 3.05) is 18.6 Å². The van der Waals surface area contributed by atoms with Gasteiger partial charge in [-0.25, -0.2) is 0 Å². The highest BCUT2D eigenvalue weighted by Crippen LogP contribution is 2.71. The van der Waals surface area contributed by atoms with E-state index in [9.17, 15) is 4.79 Å². The van der Waals surface area contributed by atoms with Crippen molar-refractivity contribution in [2.24, 2.45) is 58.0 Å². The predicted octanol–water partition coefficient (Wildman–Crippen LogP) is 6.43. The van der Waals surface area contributed by atoms with E-state index >= 15 is 0 Å². The summed E-state index contributed by atoms with van der Waals surface area (Å²) >= 11 is 1.73. The molecule has 13 atom stereocenters. The van der Waals surface area contributed by atoms with Crippen LogP contribution in [0.15, 0.2) is 0 Å². The maximum atomic E-state index is 12.6. The molecule has 0 aromatic carbocycles. The van der Waals surface area contributed by atoms with Crippen LogP contribution in [0.5, 0.6) is 0 Å². The van der Waals surface area contributed by atoms with E-state index in [0.29, 0.717) is 47.0 Å². The summed E-state index contributed by atoms with van der Waals surface area (Å²) < 4.78 is 19.5. The van der Waals surface area contributed by atoms with Gasteiger partial charge in [-0.2, -0.15) is 11.8 Å². The lowest BCUT2D eigenvalue weighted by Crippen LogP contribution is -2.55. The van der Waals surface area contributed by atoms with Gasteiger partial charge in [-0.15, -0.1) is 0 Å². The zero-order valence-electron chi connectivity index (χ0n) is 24.6. The van der Waals surface area contributed by atoms with Crippen LogP contribution in [0.3, 0.4) is 0 Å². The average molecular weight is 548 g/mol. The average Bonchev–Trinajstić information content (AvgIpc) is 3.34.